The second-order valence-corrected chi connectivity index (χ2v) is 5.16. The fraction of sp³-hybridized carbons (Fsp3) is 0.200. The quantitative estimate of drug-likeness (QED) is 0.682. The summed E-state index contributed by atoms with van der Waals surface area (Å²) in [4.78, 5) is 12.6. The van der Waals surface area contributed by atoms with Crippen LogP contribution in [-0.4, -0.2) is 26.3 Å². The van der Waals surface area contributed by atoms with Gasteiger partial charge in [-0.05, 0) is 36.1 Å². The summed E-state index contributed by atoms with van der Waals surface area (Å²) < 4.78 is 10.4. The molecule has 0 unspecified atom stereocenters. The van der Waals surface area contributed by atoms with Crippen LogP contribution in [0, 0.1) is 6.92 Å². The lowest BCUT2D eigenvalue weighted by Crippen LogP contribution is -2.17. The van der Waals surface area contributed by atoms with E-state index in [1.165, 1.54) is 11.3 Å². The van der Waals surface area contributed by atoms with E-state index < -0.39 is 0 Å². The fourth-order valence-corrected chi connectivity index (χ4v) is 2.56. The van der Waals surface area contributed by atoms with Crippen molar-refractivity contribution in [1.82, 2.24) is 5.43 Å². The standard InChI is InChI=1S/C15H16N2O3S/c1-10-6-7-21-14(10)15(18)17-16-9-11-4-5-12(19-2)8-13(11)20-3/h4-9H,1-3H3,(H,17,18)/b16-9-. The predicted octanol–water partition coefficient (Wildman–Crippen LogP) is 2.84. The van der Waals surface area contributed by atoms with Gasteiger partial charge in [0.1, 0.15) is 11.5 Å². The largest absolute Gasteiger partial charge is 0.497 e. The molecule has 0 radical (unpaired) electrons. The van der Waals surface area contributed by atoms with Crippen molar-refractivity contribution in [1.29, 1.82) is 0 Å². The smallest absolute Gasteiger partial charge is 0.281 e. The van der Waals surface area contributed by atoms with Crippen molar-refractivity contribution in [3.05, 3.63) is 45.6 Å². The number of nitrogens with one attached hydrogen (secondary N) is 1. The van der Waals surface area contributed by atoms with Crippen molar-refractivity contribution < 1.29 is 14.3 Å². The zero-order valence-electron chi connectivity index (χ0n) is 12.0. The molecule has 1 heterocycles. The summed E-state index contributed by atoms with van der Waals surface area (Å²) >= 11 is 1.39. The number of ether oxygens (including phenoxy) is 2. The Labute approximate surface area is 127 Å². The second-order valence-electron chi connectivity index (χ2n) is 4.24. The molecule has 0 aliphatic carbocycles. The summed E-state index contributed by atoms with van der Waals surface area (Å²) in [5.74, 6) is 1.10. The molecule has 0 bridgehead atoms. The number of aryl methyl sites for hydroxylation is 1. The summed E-state index contributed by atoms with van der Waals surface area (Å²) in [5.41, 5.74) is 4.20. The summed E-state index contributed by atoms with van der Waals surface area (Å²) in [6.45, 7) is 1.89. The van der Waals surface area contributed by atoms with E-state index in [9.17, 15) is 4.79 Å². The molecule has 0 spiro atoms. The van der Waals surface area contributed by atoms with Gasteiger partial charge in [0.2, 0.25) is 0 Å². The third-order valence-corrected chi connectivity index (χ3v) is 3.89. The molecule has 110 valence electrons. The van der Waals surface area contributed by atoms with Crippen molar-refractivity contribution in [3.63, 3.8) is 0 Å². The Morgan fingerprint density at radius 2 is 2.10 bits per heavy atom. The van der Waals surface area contributed by atoms with Gasteiger partial charge in [-0.15, -0.1) is 11.3 Å². The lowest BCUT2D eigenvalue weighted by Gasteiger charge is -2.06. The van der Waals surface area contributed by atoms with Crippen LogP contribution in [0.4, 0.5) is 0 Å². The van der Waals surface area contributed by atoms with Crippen LogP contribution in [-0.2, 0) is 0 Å². The molecule has 2 rings (SSSR count). The molecule has 0 atom stereocenters. The van der Waals surface area contributed by atoms with Crippen LogP contribution >= 0.6 is 11.3 Å². The molecule has 2 aromatic rings. The second kappa shape index (κ2) is 6.90. The van der Waals surface area contributed by atoms with Crippen LogP contribution in [0.2, 0.25) is 0 Å². The van der Waals surface area contributed by atoms with Gasteiger partial charge in [-0.25, -0.2) is 5.43 Å². The molecule has 21 heavy (non-hydrogen) atoms. The Kier molecular flexibility index (Phi) is 4.94. The molecular weight excluding hydrogens is 288 g/mol. The molecule has 1 amide bonds. The number of rotatable bonds is 5. The molecule has 0 saturated carbocycles. The number of benzene rings is 1. The first-order valence-corrected chi connectivity index (χ1v) is 7.13. The van der Waals surface area contributed by atoms with Gasteiger partial charge in [0.05, 0.1) is 25.3 Å². The van der Waals surface area contributed by atoms with E-state index in [0.29, 0.717) is 16.4 Å². The van der Waals surface area contributed by atoms with Crippen molar-refractivity contribution in [2.75, 3.05) is 14.2 Å². The van der Waals surface area contributed by atoms with Crippen molar-refractivity contribution in [3.8, 4) is 11.5 Å². The van der Waals surface area contributed by atoms with Crippen LogP contribution in [0.1, 0.15) is 20.8 Å². The molecule has 0 aliphatic heterocycles. The highest BCUT2D eigenvalue weighted by Gasteiger charge is 2.09. The first kappa shape index (κ1) is 15.1. The van der Waals surface area contributed by atoms with Gasteiger partial charge in [0, 0.05) is 11.6 Å². The number of carbonyl (C=O) groups excluding carboxylic acids is 1. The average molecular weight is 304 g/mol. The van der Waals surface area contributed by atoms with Crippen LogP contribution in [0.25, 0.3) is 0 Å². The molecule has 0 saturated heterocycles. The zero-order valence-corrected chi connectivity index (χ0v) is 12.9. The molecule has 5 nitrogen and oxygen atoms in total. The minimum Gasteiger partial charge on any atom is -0.497 e. The number of hydrogen-bond acceptors (Lipinski definition) is 5. The van der Waals surface area contributed by atoms with Crippen LogP contribution in [0.3, 0.4) is 0 Å². The highest BCUT2D eigenvalue weighted by Crippen LogP contribution is 2.23. The van der Waals surface area contributed by atoms with Crippen LogP contribution in [0.5, 0.6) is 11.5 Å². The van der Waals surface area contributed by atoms with Gasteiger partial charge < -0.3 is 9.47 Å². The Hall–Kier alpha value is -2.34. The molecular formula is C15H16N2O3S. The first-order valence-electron chi connectivity index (χ1n) is 6.25. The van der Waals surface area contributed by atoms with Crippen molar-refractivity contribution in [2.45, 2.75) is 6.92 Å². The minimum atomic E-state index is -0.216. The van der Waals surface area contributed by atoms with Gasteiger partial charge in [0.25, 0.3) is 5.91 Å². The SMILES string of the molecule is COc1ccc(/C=N\NC(=O)c2sccc2C)c(OC)c1. The fourth-order valence-electron chi connectivity index (χ4n) is 1.74. The lowest BCUT2D eigenvalue weighted by atomic mass is 10.2. The summed E-state index contributed by atoms with van der Waals surface area (Å²) in [6.07, 6.45) is 1.54. The van der Waals surface area contributed by atoms with Gasteiger partial charge in [-0.2, -0.15) is 5.10 Å². The number of methoxy groups -OCH3 is 2. The number of thiophene rings is 1. The number of carbonyl (C=O) groups is 1. The number of hydrazone groups is 1. The summed E-state index contributed by atoms with van der Waals surface area (Å²) in [7, 11) is 3.16. The average Bonchev–Trinajstić information content (AvgIpc) is 2.93. The molecule has 1 aromatic carbocycles. The maximum absolute atomic E-state index is 11.9. The molecule has 0 aliphatic rings. The Bertz CT molecular complexity index is 665. The monoisotopic (exact) mass is 304 g/mol. The van der Waals surface area contributed by atoms with Crippen molar-refractivity contribution >= 4 is 23.5 Å². The topological polar surface area (TPSA) is 59.9 Å². The van der Waals surface area contributed by atoms with Crippen LogP contribution < -0.4 is 14.9 Å². The summed E-state index contributed by atoms with van der Waals surface area (Å²) in [6, 6.07) is 7.27. The molecule has 0 fully saturated rings. The van der Waals surface area contributed by atoms with E-state index in [0.717, 1.165) is 11.1 Å². The van der Waals surface area contributed by atoms with E-state index >= 15 is 0 Å². The molecule has 1 aromatic heterocycles. The number of amides is 1. The van der Waals surface area contributed by atoms with E-state index in [4.69, 9.17) is 9.47 Å². The van der Waals surface area contributed by atoms with E-state index in [-0.39, 0.29) is 5.91 Å². The van der Waals surface area contributed by atoms with E-state index in [1.54, 1.807) is 32.6 Å². The Morgan fingerprint density at radius 1 is 1.29 bits per heavy atom. The Morgan fingerprint density at radius 3 is 2.71 bits per heavy atom. The third-order valence-electron chi connectivity index (χ3n) is 2.88. The Balaban J connectivity index is 2.08. The van der Waals surface area contributed by atoms with Gasteiger partial charge in [-0.1, -0.05) is 0 Å². The van der Waals surface area contributed by atoms with E-state index in [2.05, 4.69) is 10.5 Å². The lowest BCUT2D eigenvalue weighted by molar-refractivity contribution is 0.0958. The molecule has 1 N–H and O–H groups in total. The zero-order chi connectivity index (χ0) is 15.2. The maximum Gasteiger partial charge on any atom is 0.281 e. The third kappa shape index (κ3) is 3.61. The highest BCUT2D eigenvalue weighted by molar-refractivity contribution is 7.12. The van der Waals surface area contributed by atoms with Crippen molar-refractivity contribution in [2.24, 2.45) is 5.10 Å². The van der Waals surface area contributed by atoms with E-state index in [1.807, 2.05) is 24.4 Å². The summed E-state index contributed by atoms with van der Waals surface area (Å²) in [5, 5.41) is 5.84. The maximum atomic E-state index is 11.9. The first-order chi connectivity index (χ1) is 10.2. The van der Waals surface area contributed by atoms with Gasteiger partial charge in [0.15, 0.2) is 0 Å². The normalized spacial score (nSPS) is 10.6. The van der Waals surface area contributed by atoms with Gasteiger partial charge >= 0.3 is 0 Å². The highest BCUT2D eigenvalue weighted by atomic mass is 32.1. The van der Waals surface area contributed by atoms with Gasteiger partial charge in [-0.3, -0.25) is 4.79 Å². The van der Waals surface area contributed by atoms with Crippen LogP contribution in [0.15, 0.2) is 34.7 Å². The predicted molar refractivity (Wildman–Crippen MR) is 83.7 cm³/mol. The molecule has 6 heteroatoms. The minimum absolute atomic E-state index is 0.216. The number of hydrogen-bond donors (Lipinski definition) is 1. The number of nitrogens with zero attached hydrogens (tertiary/aromatic N) is 1.